The fourth-order valence-electron chi connectivity index (χ4n) is 1.72. The van der Waals surface area contributed by atoms with Crippen molar-refractivity contribution in [3.63, 3.8) is 0 Å². The normalized spacial score (nSPS) is 10.7. The van der Waals surface area contributed by atoms with Gasteiger partial charge in [-0.15, -0.1) is 11.3 Å². The molecule has 1 heterocycles. The summed E-state index contributed by atoms with van der Waals surface area (Å²) in [6.07, 6.45) is 0. The first-order valence-corrected chi connectivity index (χ1v) is 6.97. The lowest BCUT2D eigenvalue weighted by Crippen LogP contribution is -2.12. The molecular formula is C14H17N3OS. The number of hydrogen-bond acceptors (Lipinski definition) is 4. The molecule has 1 amide bonds. The van der Waals surface area contributed by atoms with Gasteiger partial charge in [0.15, 0.2) is 5.13 Å². The number of carbonyl (C=O) groups excluding carboxylic acids is 1. The van der Waals surface area contributed by atoms with E-state index in [1.807, 2.05) is 24.4 Å². The first kappa shape index (κ1) is 13.5. The number of aromatic nitrogens is 1. The van der Waals surface area contributed by atoms with Crippen molar-refractivity contribution in [3.8, 4) is 0 Å². The Morgan fingerprint density at radius 3 is 2.68 bits per heavy atom. The molecule has 5 heteroatoms. The molecule has 0 aliphatic carbocycles. The molecule has 0 aliphatic heterocycles. The van der Waals surface area contributed by atoms with Gasteiger partial charge in [-0.3, -0.25) is 10.1 Å². The van der Waals surface area contributed by atoms with E-state index in [4.69, 9.17) is 5.73 Å². The van der Waals surface area contributed by atoms with Crippen LogP contribution in [0.2, 0.25) is 0 Å². The highest BCUT2D eigenvalue weighted by atomic mass is 32.1. The van der Waals surface area contributed by atoms with Crippen molar-refractivity contribution in [2.45, 2.75) is 26.7 Å². The van der Waals surface area contributed by atoms with Crippen molar-refractivity contribution in [3.05, 3.63) is 40.4 Å². The lowest BCUT2D eigenvalue weighted by Gasteiger charge is -2.04. The van der Waals surface area contributed by atoms with Gasteiger partial charge in [0.05, 0.1) is 5.69 Å². The van der Waals surface area contributed by atoms with Gasteiger partial charge in [-0.25, -0.2) is 4.98 Å². The van der Waals surface area contributed by atoms with Crippen molar-refractivity contribution in [1.29, 1.82) is 0 Å². The molecule has 2 aromatic rings. The highest BCUT2D eigenvalue weighted by Crippen LogP contribution is 2.22. The molecule has 0 radical (unpaired) electrons. The molecule has 0 aliphatic rings. The lowest BCUT2D eigenvalue weighted by molar-refractivity contribution is 0.102. The summed E-state index contributed by atoms with van der Waals surface area (Å²) >= 11 is 1.43. The average Bonchev–Trinajstić information content (AvgIpc) is 2.76. The van der Waals surface area contributed by atoms with Gasteiger partial charge < -0.3 is 5.73 Å². The number of nitrogen functional groups attached to an aromatic ring is 1. The van der Waals surface area contributed by atoms with Gasteiger partial charge in [0.1, 0.15) is 0 Å². The molecule has 4 nitrogen and oxygen atoms in total. The van der Waals surface area contributed by atoms with E-state index in [1.54, 1.807) is 6.07 Å². The maximum absolute atomic E-state index is 12.1. The van der Waals surface area contributed by atoms with Crippen LogP contribution < -0.4 is 11.1 Å². The van der Waals surface area contributed by atoms with Crippen molar-refractivity contribution < 1.29 is 4.79 Å². The molecule has 0 bridgehead atoms. The maximum Gasteiger partial charge on any atom is 0.257 e. The average molecular weight is 275 g/mol. The van der Waals surface area contributed by atoms with Crippen LogP contribution in [0, 0.1) is 6.92 Å². The number of hydrogen-bond donors (Lipinski definition) is 2. The molecule has 0 saturated carbocycles. The Morgan fingerprint density at radius 1 is 1.37 bits per heavy atom. The number of amides is 1. The number of anilines is 2. The van der Waals surface area contributed by atoms with Gasteiger partial charge in [-0.1, -0.05) is 13.8 Å². The Kier molecular flexibility index (Phi) is 3.85. The monoisotopic (exact) mass is 275 g/mol. The second kappa shape index (κ2) is 5.40. The summed E-state index contributed by atoms with van der Waals surface area (Å²) in [4.78, 5) is 16.5. The minimum atomic E-state index is -0.181. The second-order valence-corrected chi connectivity index (χ2v) is 5.68. The number of nitrogens with one attached hydrogen (secondary N) is 1. The summed E-state index contributed by atoms with van der Waals surface area (Å²) < 4.78 is 0. The van der Waals surface area contributed by atoms with Crippen LogP contribution in [-0.2, 0) is 0 Å². The number of rotatable bonds is 3. The van der Waals surface area contributed by atoms with E-state index >= 15 is 0 Å². The minimum absolute atomic E-state index is 0.181. The molecule has 1 aromatic heterocycles. The van der Waals surface area contributed by atoms with Crippen LogP contribution in [0.4, 0.5) is 10.8 Å². The number of nitrogens with zero attached hydrogens (tertiary/aromatic N) is 1. The highest BCUT2D eigenvalue weighted by molar-refractivity contribution is 7.14. The lowest BCUT2D eigenvalue weighted by atomic mass is 10.1. The molecule has 1 aromatic carbocycles. The summed E-state index contributed by atoms with van der Waals surface area (Å²) in [5, 5.41) is 5.38. The molecule has 0 fully saturated rings. The number of aryl methyl sites for hydroxylation is 1. The first-order chi connectivity index (χ1) is 8.95. The SMILES string of the molecule is Cc1cc(N)cc(C(=O)Nc2nc(C(C)C)cs2)c1. The zero-order valence-corrected chi connectivity index (χ0v) is 12.0. The second-order valence-electron chi connectivity index (χ2n) is 4.82. The molecule has 0 unspecified atom stereocenters. The predicted octanol–water partition coefficient (Wildman–Crippen LogP) is 3.41. The molecule has 0 atom stereocenters. The third-order valence-electron chi connectivity index (χ3n) is 2.70. The third-order valence-corrected chi connectivity index (χ3v) is 3.47. The molecule has 0 spiro atoms. The van der Waals surface area contributed by atoms with Crippen molar-refractivity contribution in [2.75, 3.05) is 11.1 Å². The first-order valence-electron chi connectivity index (χ1n) is 6.09. The molecule has 100 valence electrons. The number of nitrogens with two attached hydrogens (primary N) is 1. The third kappa shape index (κ3) is 3.32. The smallest absolute Gasteiger partial charge is 0.257 e. The Balaban J connectivity index is 2.15. The highest BCUT2D eigenvalue weighted by Gasteiger charge is 2.11. The van der Waals surface area contributed by atoms with Crippen LogP contribution in [0.3, 0.4) is 0 Å². The summed E-state index contributed by atoms with van der Waals surface area (Å²) in [7, 11) is 0. The van der Waals surface area contributed by atoms with Gasteiger partial charge in [0.25, 0.3) is 5.91 Å². The summed E-state index contributed by atoms with van der Waals surface area (Å²) in [5.74, 6) is 0.177. The van der Waals surface area contributed by atoms with E-state index in [1.165, 1.54) is 11.3 Å². The standard InChI is InChI=1S/C14H17N3OS/c1-8(2)12-7-19-14(16-12)17-13(18)10-4-9(3)5-11(15)6-10/h4-8H,15H2,1-3H3,(H,16,17,18). The van der Waals surface area contributed by atoms with E-state index < -0.39 is 0 Å². The van der Waals surface area contributed by atoms with E-state index in [-0.39, 0.29) is 5.91 Å². The molecular weight excluding hydrogens is 258 g/mol. The summed E-state index contributed by atoms with van der Waals surface area (Å²) in [6.45, 7) is 6.05. The Morgan fingerprint density at radius 2 is 2.11 bits per heavy atom. The fraction of sp³-hybridized carbons (Fsp3) is 0.286. The number of thiazole rings is 1. The van der Waals surface area contributed by atoms with Gasteiger partial charge in [0, 0.05) is 16.6 Å². The van der Waals surface area contributed by atoms with E-state index in [0.29, 0.717) is 22.3 Å². The van der Waals surface area contributed by atoms with Crippen LogP contribution in [-0.4, -0.2) is 10.9 Å². The molecule has 3 N–H and O–H groups in total. The minimum Gasteiger partial charge on any atom is -0.399 e. The van der Waals surface area contributed by atoms with Crippen molar-refractivity contribution >= 4 is 28.1 Å². The number of benzene rings is 1. The van der Waals surface area contributed by atoms with E-state index in [0.717, 1.165) is 11.3 Å². The van der Waals surface area contributed by atoms with Crippen LogP contribution in [0.25, 0.3) is 0 Å². The van der Waals surface area contributed by atoms with E-state index in [2.05, 4.69) is 24.1 Å². The summed E-state index contributed by atoms with van der Waals surface area (Å²) in [6, 6.07) is 5.30. The van der Waals surface area contributed by atoms with Crippen LogP contribution in [0.15, 0.2) is 23.6 Å². The van der Waals surface area contributed by atoms with Crippen molar-refractivity contribution in [1.82, 2.24) is 4.98 Å². The fourth-order valence-corrected chi connectivity index (χ4v) is 2.59. The van der Waals surface area contributed by atoms with Gasteiger partial charge in [-0.05, 0) is 36.6 Å². The van der Waals surface area contributed by atoms with Gasteiger partial charge in [0.2, 0.25) is 0 Å². The molecule has 2 rings (SSSR count). The number of carbonyl (C=O) groups is 1. The van der Waals surface area contributed by atoms with Crippen molar-refractivity contribution in [2.24, 2.45) is 0 Å². The molecule has 0 saturated heterocycles. The van der Waals surface area contributed by atoms with Crippen LogP contribution >= 0.6 is 11.3 Å². The van der Waals surface area contributed by atoms with Crippen LogP contribution in [0.5, 0.6) is 0 Å². The van der Waals surface area contributed by atoms with Crippen LogP contribution in [0.1, 0.15) is 41.4 Å². The largest absolute Gasteiger partial charge is 0.399 e. The summed E-state index contributed by atoms with van der Waals surface area (Å²) in [5.41, 5.74) is 8.84. The Labute approximate surface area is 116 Å². The Hall–Kier alpha value is -1.88. The maximum atomic E-state index is 12.1. The zero-order chi connectivity index (χ0) is 14.0. The zero-order valence-electron chi connectivity index (χ0n) is 11.2. The quantitative estimate of drug-likeness (QED) is 0.843. The topological polar surface area (TPSA) is 68.0 Å². The predicted molar refractivity (Wildman–Crippen MR) is 79.7 cm³/mol. The Bertz CT molecular complexity index is 584. The molecule has 19 heavy (non-hydrogen) atoms. The van der Waals surface area contributed by atoms with Gasteiger partial charge >= 0.3 is 0 Å². The van der Waals surface area contributed by atoms with E-state index in [9.17, 15) is 4.79 Å². The van der Waals surface area contributed by atoms with Gasteiger partial charge in [-0.2, -0.15) is 0 Å².